The summed E-state index contributed by atoms with van der Waals surface area (Å²) < 4.78 is 0. The van der Waals surface area contributed by atoms with E-state index in [9.17, 15) is 4.79 Å². The highest BCUT2D eigenvalue weighted by molar-refractivity contribution is 8.00. The van der Waals surface area contributed by atoms with Gasteiger partial charge < -0.3 is 5.32 Å². The van der Waals surface area contributed by atoms with Gasteiger partial charge in [-0.3, -0.25) is 9.78 Å². The molecule has 3 nitrogen and oxygen atoms in total. The second kappa shape index (κ2) is 6.56. The average molecular weight is 278 g/mol. The summed E-state index contributed by atoms with van der Waals surface area (Å²) in [6, 6.07) is 7.91. The fourth-order valence-electron chi connectivity index (χ4n) is 1.48. The van der Waals surface area contributed by atoms with E-state index >= 15 is 0 Å². The summed E-state index contributed by atoms with van der Waals surface area (Å²) >= 11 is 3.18. The van der Waals surface area contributed by atoms with Crippen LogP contribution in [-0.4, -0.2) is 16.6 Å². The van der Waals surface area contributed by atoms with E-state index in [0.717, 1.165) is 4.90 Å². The molecule has 18 heavy (non-hydrogen) atoms. The Balaban J connectivity index is 1.79. The minimum absolute atomic E-state index is 0.0534. The van der Waals surface area contributed by atoms with E-state index in [2.05, 4.69) is 10.3 Å². The van der Waals surface area contributed by atoms with Crippen LogP contribution < -0.4 is 5.32 Å². The smallest absolute Gasteiger partial charge is 0.230 e. The lowest BCUT2D eigenvalue weighted by atomic mass is 10.3. The number of hydrogen-bond donors (Lipinski definition) is 1. The molecule has 0 aliphatic heterocycles. The summed E-state index contributed by atoms with van der Waals surface area (Å²) in [7, 11) is 0. The molecule has 0 fully saturated rings. The first-order chi connectivity index (χ1) is 8.75. The number of carbonyl (C=O) groups is 1. The summed E-state index contributed by atoms with van der Waals surface area (Å²) in [5, 5.41) is 5.01. The molecule has 1 atom stereocenters. The Morgan fingerprint density at radius 1 is 1.44 bits per heavy atom. The molecule has 0 aliphatic carbocycles. The Hall–Kier alpha value is -1.33. The van der Waals surface area contributed by atoms with Crippen LogP contribution in [0.5, 0.6) is 0 Å². The normalized spacial score (nSPS) is 12.1. The lowest BCUT2D eigenvalue weighted by Crippen LogP contribution is -2.27. The molecule has 94 valence electrons. The van der Waals surface area contributed by atoms with Gasteiger partial charge in [-0.1, -0.05) is 6.07 Å². The van der Waals surface area contributed by atoms with Gasteiger partial charge in [-0.25, -0.2) is 0 Å². The Kier molecular flexibility index (Phi) is 4.78. The van der Waals surface area contributed by atoms with Gasteiger partial charge in [0.2, 0.25) is 5.91 Å². The molecule has 1 N–H and O–H groups in total. The molecule has 0 aliphatic rings. The van der Waals surface area contributed by atoms with E-state index in [-0.39, 0.29) is 11.9 Å². The van der Waals surface area contributed by atoms with E-state index < -0.39 is 0 Å². The van der Waals surface area contributed by atoms with Crippen molar-refractivity contribution in [3.63, 3.8) is 0 Å². The number of rotatable bonds is 5. The third-order valence-electron chi connectivity index (χ3n) is 2.37. The number of aromatic nitrogens is 1. The van der Waals surface area contributed by atoms with Crippen molar-refractivity contribution in [3.8, 4) is 0 Å². The summed E-state index contributed by atoms with van der Waals surface area (Å²) in [6.07, 6.45) is 3.46. The van der Waals surface area contributed by atoms with Crippen molar-refractivity contribution in [2.45, 2.75) is 17.9 Å². The standard InChI is InChI=1S/C13H14N2OS2/c1-10(12-3-2-8-17-12)15-13(16)9-18-11-4-6-14-7-5-11/h2-8,10H,9H2,1H3,(H,15,16)/t10-/m1/s1. The van der Waals surface area contributed by atoms with Crippen LogP contribution in [0.2, 0.25) is 0 Å². The molecule has 2 rings (SSSR count). The molecular formula is C13H14N2OS2. The number of thiophene rings is 1. The summed E-state index contributed by atoms with van der Waals surface area (Å²) in [4.78, 5) is 18.0. The van der Waals surface area contributed by atoms with Gasteiger partial charge in [0, 0.05) is 22.2 Å². The van der Waals surface area contributed by atoms with E-state index in [4.69, 9.17) is 0 Å². The van der Waals surface area contributed by atoms with Crippen LogP contribution in [-0.2, 0) is 4.79 Å². The third kappa shape index (κ3) is 3.85. The van der Waals surface area contributed by atoms with Gasteiger partial charge in [0.25, 0.3) is 0 Å². The zero-order valence-electron chi connectivity index (χ0n) is 10.00. The predicted molar refractivity (Wildman–Crippen MR) is 75.8 cm³/mol. The van der Waals surface area contributed by atoms with Gasteiger partial charge >= 0.3 is 0 Å². The number of carbonyl (C=O) groups excluding carboxylic acids is 1. The first-order valence-corrected chi connectivity index (χ1v) is 7.48. The summed E-state index contributed by atoms with van der Waals surface area (Å²) in [5.74, 6) is 0.484. The predicted octanol–water partition coefficient (Wildman–Crippen LogP) is 3.11. The van der Waals surface area contributed by atoms with Crippen molar-refractivity contribution in [3.05, 3.63) is 46.9 Å². The molecule has 0 bridgehead atoms. The highest BCUT2D eigenvalue weighted by Crippen LogP contribution is 2.19. The molecule has 0 saturated carbocycles. The van der Waals surface area contributed by atoms with Gasteiger partial charge in [-0.2, -0.15) is 0 Å². The quantitative estimate of drug-likeness (QED) is 0.854. The number of nitrogens with zero attached hydrogens (tertiary/aromatic N) is 1. The van der Waals surface area contributed by atoms with Crippen LogP contribution in [0.1, 0.15) is 17.8 Å². The summed E-state index contributed by atoms with van der Waals surface area (Å²) in [6.45, 7) is 2.00. The number of amides is 1. The van der Waals surface area contributed by atoms with E-state index in [1.54, 1.807) is 23.7 Å². The van der Waals surface area contributed by atoms with Crippen LogP contribution in [0, 0.1) is 0 Å². The zero-order chi connectivity index (χ0) is 12.8. The van der Waals surface area contributed by atoms with Crippen molar-refractivity contribution in [1.82, 2.24) is 10.3 Å². The maximum atomic E-state index is 11.8. The van der Waals surface area contributed by atoms with Crippen LogP contribution in [0.25, 0.3) is 0 Å². The highest BCUT2D eigenvalue weighted by atomic mass is 32.2. The van der Waals surface area contributed by atoms with Crippen LogP contribution in [0.3, 0.4) is 0 Å². The van der Waals surface area contributed by atoms with Crippen LogP contribution in [0.4, 0.5) is 0 Å². The minimum Gasteiger partial charge on any atom is -0.348 e. The topological polar surface area (TPSA) is 42.0 Å². The van der Waals surface area contributed by atoms with Gasteiger partial charge in [-0.15, -0.1) is 23.1 Å². The fraction of sp³-hybridized carbons (Fsp3) is 0.231. The van der Waals surface area contributed by atoms with Gasteiger partial charge in [0.05, 0.1) is 11.8 Å². The molecule has 2 aromatic rings. The zero-order valence-corrected chi connectivity index (χ0v) is 11.6. The Bertz CT molecular complexity index is 485. The second-order valence-electron chi connectivity index (χ2n) is 3.78. The fourth-order valence-corrected chi connectivity index (χ4v) is 2.90. The Labute approximate surface area is 115 Å². The van der Waals surface area contributed by atoms with Gasteiger partial charge in [0.1, 0.15) is 0 Å². The van der Waals surface area contributed by atoms with Crippen molar-refractivity contribution in [2.24, 2.45) is 0 Å². The Morgan fingerprint density at radius 3 is 2.89 bits per heavy atom. The molecule has 1 amide bonds. The van der Waals surface area contributed by atoms with Crippen molar-refractivity contribution in [2.75, 3.05) is 5.75 Å². The van der Waals surface area contributed by atoms with Crippen molar-refractivity contribution in [1.29, 1.82) is 0 Å². The third-order valence-corrected chi connectivity index (χ3v) is 4.43. The lowest BCUT2D eigenvalue weighted by Gasteiger charge is -2.11. The molecule has 2 aromatic heterocycles. The minimum atomic E-state index is 0.0534. The van der Waals surface area contributed by atoms with Crippen LogP contribution >= 0.6 is 23.1 Å². The molecule has 0 saturated heterocycles. The van der Waals surface area contributed by atoms with E-state index in [1.807, 2.05) is 36.6 Å². The second-order valence-corrected chi connectivity index (χ2v) is 5.80. The van der Waals surface area contributed by atoms with Crippen LogP contribution in [0.15, 0.2) is 46.9 Å². The molecule has 0 radical (unpaired) electrons. The lowest BCUT2D eigenvalue weighted by molar-refractivity contribution is -0.119. The number of thioether (sulfide) groups is 1. The maximum absolute atomic E-state index is 11.8. The molecule has 0 aromatic carbocycles. The maximum Gasteiger partial charge on any atom is 0.230 e. The van der Waals surface area contributed by atoms with Gasteiger partial charge in [-0.05, 0) is 30.5 Å². The molecule has 0 spiro atoms. The van der Waals surface area contributed by atoms with Crippen molar-refractivity contribution < 1.29 is 4.79 Å². The average Bonchev–Trinajstić information content (AvgIpc) is 2.91. The van der Waals surface area contributed by atoms with Gasteiger partial charge in [0.15, 0.2) is 0 Å². The molecular weight excluding hydrogens is 264 g/mol. The number of hydrogen-bond acceptors (Lipinski definition) is 4. The monoisotopic (exact) mass is 278 g/mol. The number of pyridine rings is 1. The van der Waals surface area contributed by atoms with E-state index in [0.29, 0.717) is 5.75 Å². The number of nitrogens with one attached hydrogen (secondary N) is 1. The van der Waals surface area contributed by atoms with E-state index in [1.165, 1.54) is 16.6 Å². The first-order valence-electron chi connectivity index (χ1n) is 5.61. The SMILES string of the molecule is C[C@@H](NC(=O)CSc1ccncc1)c1cccs1. The molecule has 5 heteroatoms. The highest BCUT2D eigenvalue weighted by Gasteiger charge is 2.10. The largest absolute Gasteiger partial charge is 0.348 e. The first kappa shape index (κ1) is 13.1. The molecule has 2 heterocycles. The van der Waals surface area contributed by atoms with Crippen molar-refractivity contribution >= 4 is 29.0 Å². The summed E-state index contributed by atoms with van der Waals surface area (Å²) in [5.41, 5.74) is 0. The Morgan fingerprint density at radius 2 is 2.22 bits per heavy atom. The molecule has 0 unspecified atom stereocenters.